The van der Waals surface area contributed by atoms with Crippen molar-refractivity contribution in [1.29, 1.82) is 0 Å². The Morgan fingerprint density at radius 1 is 1.13 bits per heavy atom. The van der Waals surface area contributed by atoms with Crippen LogP contribution in [0, 0.1) is 0 Å². The first-order chi connectivity index (χ1) is 7.38. The van der Waals surface area contributed by atoms with Crippen molar-refractivity contribution in [2.45, 2.75) is 25.7 Å². The lowest BCUT2D eigenvalue weighted by Gasteiger charge is -2.31. The van der Waals surface area contributed by atoms with E-state index >= 15 is 0 Å². The third-order valence-electron chi connectivity index (χ3n) is 3.20. The minimum absolute atomic E-state index is 0.611. The van der Waals surface area contributed by atoms with E-state index in [1.165, 1.54) is 6.42 Å². The number of hydrogen-bond acceptors (Lipinski definition) is 4. The van der Waals surface area contributed by atoms with Gasteiger partial charge in [0.2, 0.25) is 5.95 Å². The van der Waals surface area contributed by atoms with Gasteiger partial charge in [-0.2, -0.15) is 0 Å². The average molecular weight is 203 g/mol. The Morgan fingerprint density at radius 3 is 2.67 bits per heavy atom. The molecular formula is C11H13N3O. The fourth-order valence-electron chi connectivity index (χ4n) is 2.20. The molecule has 0 bridgehead atoms. The topological polar surface area (TPSA) is 46.1 Å². The van der Waals surface area contributed by atoms with Gasteiger partial charge in [-0.1, -0.05) is 0 Å². The molecule has 1 aromatic rings. The minimum atomic E-state index is 0.611. The van der Waals surface area contributed by atoms with E-state index in [0.29, 0.717) is 5.69 Å². The highest BCUT2D eigenvalue weighted by molar-refractivity contribution is 5.75. The normalized spacial score (nSPS) is 18.5. The predicted molar refractivity (Wildman–Crippen MR) is 56.3 cm³/mol. The summed E-state index contributed by atoms with van der Waals surface area (Å²) in [6, 6.07) is 0. The molecule has 3 rings (SSSR count). The maximum Gasteiger partial charge on any atom is 0.226 e. The van der Waals surface area contributed by atoms with E-state index in [1.807, 2.05) is 0 Å². The van der Waals surface area contributed by atoms with Crippen molar-refractivity contribution in [3.63, 3.8) is 0 Å². The number of rotatable bonds is 2. The largest absolute Gasteiger partial charge is 0.341 e. The quantitative estimate of drug-likeness (QED) is 0.672. The van der Waals surface area contributed by atoms with E-state index < -0.39 is 0 Å². The summed E-state index contributed by atoms with van der Waals surface area (Å²) in [5.41, 5.74) is 2.78. The number of aldehydes is 1. The summed E-state index contributed by atoms with van der Waals surface area (Å²) in [7, 11) is 0. The van der Waals surface area contributed by atoms with Crippen molar-refractivity contribution in [3.8, 4) is 0 Å². The molecule has 0 N–H and O–H groups in total. The molecule has 1 aliphatic carbocycles. The standard InChI is InChI=1S/C11H13N3O/c15-7-10-8-3-1-4-9(8)12-11(13-10)14-5-2-6-14/h7H,1-6H2. The highest BCUT2D eigenvalue weighted by atomic mass is 16.1. The summed E-state index contributed by atoms with van der Waals surface area (Å²) in [5.74, 6) is 0.754. The van der Waals surface area contributed by atoms with Gasteiger partial charge in [0.1, 0.15) is 5.69 Å². The first-order valence-corrected chi connectivity index (χ1v) is 5.48. The number of carbonyl (C=O) groups excluding carboxylic acids is 1. The summed E-state index contributed by atoms with van der Waals surface area (Å²) in [5, 5.41) is 0. The third-order valence-corrected chi connectivity index (χ3v) is 3.20. The summed E-state index contributed by atoms with van der Waals surface area (Å²) in [6.45, 7) is 2.05. The molecule has 2 aliphatic rings. The fraction of sp³-hybridized carbons (Fsp3) is 0.545. The van der Waals surface area contributed by atoms with Gasteiger partial charge in [-0.3, -0.25) is 4.79 Å². The molecule has 1 fully saturated rings. The zero-order chi connectivity index (χ0) is 10.3. The van der Waals surface area contributed by atoms with E-state index in [2.05, 4.69) is 14.9 Å². The summed E-state index contributed by atoms with van der Waals surface area (Å²) >= 11 is 0. The van der Waals surface area contributed by atoms with Crippen LogP contribution in [0.25, 0.3) is 0 Å². The second kappa shape index (κ2) is 3.29. The predicted octanol–water partition coefficient (Wildman–Crippen LogP) is 0.988. The molecule has 0 unspecified atom stereocenters. The molecule has 1 aliphatic heterocycles. The smallest absolute Gasteiger partial charge is 0.226 e. The van der Waals surface area contributed by atoms with Crippen molar-refractivity contribution in [3.05, 3.63) is 17.0 Å². The lowest BCUT2D eigenvalue weighted by molar-refractivity contribution is 0.111. The Morgan fingerprint density at radius 2 is 2.00 bits per heavy atom. The number of nitrogens with zero attached hydrogens (tertiary/aromatic N) is 3. The van der Waals surface area contributed by atoms with Gasteiger partial charge < -0.3 is 4.90 Å². The van der Waals surface area contributed by atoms with Crippen molar-refractivity contribution < 1.29 is 4.79 Å². The van der Waals surface area contributed by atoms with E-state index in [4.69, 9.17) is 0 Å². The number of aromatic nitrogens is 2. The lowest BCUT2D eigenvalue weighted by Crippen LogP contribution is -2.38. The van der Waals surface area contributed by atoms with Gasteiger partial charge in [-0.25, -0.2) is 9.97 Å². The zero-order valence-corrected chi connectivity index (χ0v) is 8.57. The highest BCUT2D eigenvalue weighted by Gasteiger charge is 2.23. The van der Waals surface area contributed by atoms with E-state index in [9.17, 15) is 4.79 Å². The summed E-state index contributed by atoms with van der Waals surface area (Å²) in [6.07, 6.45) is 5.14. The van der Waals surface area contributed by atoms with Crippen LogP contribution >= 0.6 is 0 Å². The van der Waals surface area contributed by atoms with Crippen LogP contribution in [0.2, 0.25) is 0 Å². The molecule has 15 heavy (non-hydrogen) atoms. The molecule has 0 aromatic carbocycles. The molecule has 1 aromatic heterocycles. The summed E-state index contributed by atoms with van der Waals surface area (Å²) in [4.78, 5) is 21.9. The number of carbonyl (C=O) groups is 1. The molecule has 0 saturated carbocycles. The fourth-order valence-corrected chi connectivity index (χ4v) is 2.20. The first-order valence-electron chi connectivity index (χ1n) is 5.48. The van der Waals surface area contributed by atoms with Crippen LogP contribution in [-0.4, -0.2) is 29.3 Å². The van der Waals surface area contributed by atoms with Gasteiger partial charge in [-0.05, 0) is 25.7 Å². The van der Waals surface area contributed by atoms with Crippen molar-refractivity contribution in [2.75, 3.05) is 18.0 Å². The highest BCUT2D eigenvalue weighted by Crippen LogP contribution is 2.25. The van der Waals surface area contributed by atoms with Crippen LogP contribution < -0.4 is 4.90 Å². The Labute approximate surface area is 88.3 Å². The average Bonchev–Trinajstić information content (AvgIpc) is 2.61. The molecule has 0 radical (unpaired) electrons. The number of fused-ring (bicyclic) bond motifs is 1. The lowest BCUT2D eigenvalue weighted by atomic mass is 10.2. The van der Waals surface area contributed by atoms with Gasteiger partial charge in [0, 0.05) is 24.3 Å². The van der Waals surface area contributed by atoms with Crippen LogP contribution in [0.3, 0.4) is 0 Å². The molecule has 0 spiro atoms. The van der Waals surface area contributed by atoms with Crippen LogP contribution in [0.15, 0.2) is 0 Å². The first kappa shape index (κ1) is 8.83. The van der Waals surface area contributed by atoms with Crippen LogP contribution in [0.1, 0.15) is 34.6 Å². The third kappa shape index (κ3) is 1.32. The molecule has 0 atom stereocenters. The number of anilines is 1. The SMILES string of the molecule is O=Cc1nc(N2CCC2)nc2c1CCC2. The van der Waals surface area contributed by atoms with Crippen molar-refractivity contribution in [2.24, 2.45) is 0 Å². The molecule has 4 heteroatoms. The van der Waals surface area contributed by atoms with Gasteiger partial charge in [-0.15, -0.1) is 0 Å². The molecule has 4 nitrogen and oxygen atoms in total. The maximum absolute atomic E-state index is 10.9. The van der Waals surface area contributed by atoms with E-state index in [0.717, 1.165) is 55.8 Å². The van der Waals surface area contributed by atoms with Crippen molar-refractivity contribution >= 4 is 12.2 Å². The van der Waals surface area contributed by atoms with Crippen LogP contribution in [-0.2, 0) is 12.8 Å². The Hall–Kier alpha value is -1.45. The van der Waals surface area contributed by atoms with Gasteiger partial charge in [0.05, 0.1) is 0 Å². The van der Waals surface area contributed by atoms with Gasteiger partial charge in [0.15, 0.2) is 6.29 Å². The molecule has 1 saturated heterocycles. The van der Waals surface area contributed by atoms with Crippen molar-refractivity contribution in [1.82, 2.24) is 9.97 Å². The molecule has 2 heterocycles. The Kier molecular flexibility index (Phi) is 1.94. The minimum Gasteiger partial charge on any atom is -0.341 e. The Balaban J connectivity index is 2.06. The number of hydrogen-bond donors (Lipinski definition) is 0. The van der Waals surface area contributed by atoms with E-state index in [-0.39, 0.29) is 0 Å². The Bertz CT molecular complexity index is 413. The van der Waals surface area contributed by atoms with Crippen LogP contribution in [0.4, 0.5) is 5.95 Å². The van der Waals surface area contributed by atoms with Gasteiger partial charge >= 0.3 is 0 Å². The molecular weight excluding hydrogens is 190 g/mol. The summed E-state index contributed by atoms with van der Waals surface area (Å²) < 4.78 is 0. The second-order valence-corrected chi connectivity index (χ2v) is 4.15. The number of aryl methyl sites for hydroxylation is 1. The monoisotopic (exact) mass is 203 g/mol. The second-order valence-electron chi connectivity index (χ2n) is 4.15. The zero-order valence-electron chi connectivity index (χ0n) is 8.57. The van der Waals surface area contributed by atoms with Crippen LogP contribution in [0.5, 0.6) is 0 Å². The van der Waals surface area contributed by atoms with E-state index in [1.54, 1.807) is 0 Å². The van der Waals surface area contributed by atoms with Gasteiger partial charge in [0.25, 0.3) is 0 Å². The molecule has 0 amide bonds. The molecule has 78 valence electrons. The maximum atomic E-state index is 10.9.